The lowest BCUT2D eigenvalue weighted by Crippen LogP contribution is -1.98. The zero-order valence-corrected chi connectivity index (χ0v) is 12.6. The lowest BCUT2D eigenvalue weighted by atomic mass is 10.1. The van der Waals surface area contributed by atoms with E-state index < -0.39 is 0 Å². The van der Waals surface area contributed by atoms with Gasteiger partial charge in [0, 0.05) is 4.47 Å². The van der Waals surface area contributed by atoms with Crippen LogP contribution in [-0.4, -0.2) is 0 Å². The van der Waals surface area contributed by atoms with Crippen LogP contribution in [0.15, 0.2) is 71.2 Å². The van der Waals surface area contributed by atoms with Crippen LogP contribution in [0.25, 0.3) is 11.1 Å². The van der Waals surface area contributed by atoms with Crippen LogP contribution in [0.1, 0.15) is 0 Å². The lowest BCUT2D eigenvalue weighted by molar-refractivity contribution is 0.359. The molecule has 0 radical (unpaired) electrons. The number of fused-ring (bicyclic) bond motifs is 2. The van der Waals surface area contributed by atoms with Gasteiger partial charge in [-0.05, 0) is 41.5 Å². The molecule has 1 heterocycles. The molecule has 0 atom stereocenters. The Morgan fingerprint density at radius 2 is 1.24 bits per heavy atom. The predicted octanol–water partition coefficient (Wildman–Crippen LogP) is 6.01. The first kappa shape index (κ1) is 12.5. The van der Waals surface area contributed by atoms with Crippen molar-refractivity contribution in [1.82, 2.24) is 0 Å². The van der Waals surface area contributed by atoms with Gasteiger partial charge in [-0.1, -0.05) is 52.3 Å². The second-order valence-corrected chi connectivity index (χ2v) is 5.74. The molecule has 0 amide bonds. The van der Waals surface area contributed by atoms with Crippen molar-refractivity contribution in [2.24, 2.45) is 0 Å². The van der Waals surface area contributed by atoms with E-state index in [-0.39, 0.29) is 0 Å². The molecule has 0 saturated heterocycles. The summed E-state index contributed by atoms with van der Waals surface area (Å²) in [6.07, 6.45) is 0. The highest BCUT2D eigenvalue weighted by Crippen LogP contribution is 2.47. The molecule has 3 aromatic rings. The molecule has 3 aromatic carbocycles. The zero-order valence-electron chi connectivity index (χ0n) is 11.0. The Hall–Kier alpha value is -2.26. The van der Waals surface area contributed by atoms with Crippen molar-refractivity contribution in [2.45, 2.75) is 0 Å². The van der Waals surface area contributed by atoms with Crippen LogP contribution < -0.4 is 9.47 Å². The van der Waals surface area contributed by atoms with Crippen molar-refractivity contribution < 1.29 is 9.47 Å². The van der Waals surface area contributed by atoms with Crippen LogP contribution in [0.4, 0.5) is 0 Å². The summed E-state index contributed by atoms with van der Waals surface area (Å²) >= 11 is 3.45. The summed E-state index contributed by atoms with van der Waals surface area (Å²) in [4.78, 5) is 0. The average molecular weight is 339 g/mol. The van der Waals surface area contributed by atoms with Crippen molar-refractivity contribution in [3.63, 3.8) is 0 Å². The minimum absolute atomic E-state index is 0.724. The second kappa shape index (κ2) is 4.93. The van der Waals surface area contributed by atoms with Crippen molar-refractivity contribution in [3.8, 4) is 34.1 Å². The molecule has 0 aliphatic carbocycles. The largest absolute Gasteiger partial charge is 0.450 e. The average Bonchev–Trinajstić information content (AvgIpc) is 2.53. The third kappa shape index (κ3) is 2.30. The number of hydrogen-bond donors (Lipinski definition) is 0. The van der Waals surface area contributed by atoms with Gasteiger partial charge in [0.2, 0.25) is 0 Å². The van der Waals surface area contributed by atoms with E-state index in [1.54, 1.807) is 0 Å². The summed E-state index contributed by atoms with van der Waals surface area (Å²) < 4.78 is 12.8. The van der Waals surface area contributed by atoms with E-state index in [2.05, 4.69) is 28.1 Å². The Bertz CT molecular complexity index is 813. The molecule has 0 aromatic heterocycles. The molecule has 3 heteroatoms. The zero-order chi connectivity index (χ0) is 14.2. The van der Waals surface area contributed by atoms with E-state index in [0.717, 1.165) is 38.6 Å². The first-order valence-electron chi connectivity index (χ1n) is 6.64. The molecule has 0 unspecified atom stereocenters. The summed E-state index contributed by atoms with van der Waals surface area (Å²) in [7, 11) is 0. The number of ether oxygens (including phenoxy) is 2. The van der Waals surface area contributed by atoms with Crippen molar-refractivity contribution in [2.75, 3.05) is 0 Å². The SMILES string of the molecule is Brc1ccc2c(c1)Oc1cc(-c3ccccc3)ccc1O2. The molecule has 4 rings (SSSR count). The monoisotopic (exact) mass is 338 g/mol. The van der Waals surface area contributed by atoms with E-state index in [0.29, 0.717) is 0 Å². The van der Waals surface area contributed by atoms with Gasteiger partial charge in [0.1, 0.15) is 0 Å². The fraction of sp³-hybridized carbons (Fsp3) is 0. The van der Waals surface area contributed by atoms with E-state index in [1.165, 1.54) is 0 Å². The number of hydrogen-bond acceptors (Lipinski definition) is 2. The fourth-order valence-electron chi connectivity index (χ4n) is 2.37. The smallest absolute Gasteiger partial charge is 0.171 e. The van der Waals surface area contributed by atoms with Crippen LogP contribution in [0.3, 0.4) is 0 Å². The quantitative estimate of drug-likeness (QED) is 0.422. The molecule has 1 aliphatic heterocycles. The molecule has 0 N–H and O–H groups in total. The highest BCUT2D eigenvalue weighted by atomic mass is 79.9. The maximum Gasteiger partial charge on any atom is 0.171 e. The summed E-state index contributed by atoms with van der Waals surface area (Å²) in [6.45, 7) is 0. The van der Waals surface area contributed by atoms with Gasteiger partial charge in [0.25, 0.3) is 0 Å². The molecule has 102 valence electrons. The van der Waals surface area contributed by atoms with E-state index >= 15 is 0 Å². The molecule has 0 bridgehead atoms. The van der Waals surface area contributed by atoms with E-state index in [4.69, 9.17) is 9.47 Å². The third-order valence-electron chi connectivity index (χ3n) is 3.40. The first-order valence-corrected chi connectivity index (χ1v) is 7.44. The van der Waals surface area contributed by atoms with Crippen molar-refractivity contribution >= 4 is 15.9 Å². The van der Waals surface area contributed by atoms with Crippen LogP contribution >= 0.6 is 15.9 Å². The van der Waals surface area contributed by atoms with Crippen LogP contribution in [0, 0.1) is 0 Å². The first-order chi connectivity index (χ1) is 10.3. The van der Waals surface area contributed by atoms with Gasteiger partial charge < -0.3 is 9.47 Å². The molecule has 2 nitrogen and oxygen atoms in total. The second-order valence-electron chi connectivity index (χ2n) is 4.82. The van der Waals surface area contributed by atoms with E-state index in [9.17, 15) is 0 Å². The molecule has 0 fully saturated rings. The van der Waals surface area contributed by atoms with Gasteiger partial charge in [0.15, 0.2) is 23.0 Å². The highest BCUT2D eigenvalue weighted by Gasteiger charge is 2.19. The van der Waals surface area contributed by atoms with Crippen molar-refractivity contribution in [3.05, 3.63) is 71.2 Å². The minimum atomic E-state index is 0.724. The normalized spacial score (nSPS) is 11.9. The molecular weight excluding hydrogens is 328 g/mol. The Morgan fingerprint density at radius 3 is 2.05 bits per heavy atom. The molecule has 0 spiro atoms. The topological polar surface area (TPSA) is 18.5 Å². The van der Waals surface area contributed by atoms with Crippen LogP contribution in [0.2, 0.25) is 0 Å². The Balaban J connectivity index is 1.76. The molecule has 0 saturated carbocycles. The molecular formula is C18H11BrO2. The summed E-state index contributed by atoms with van der Waals surface area (Å²) in [5.41, 5.74) is 2.26. The maximum absolute atomic E-state index is 5.97. The van der Waals surface area contributed by atoms with Gasteiger partial charge in [-0.15, -0.1) is 0 Å². The van der Waals surface area contributed by atoms with Gasteiger partial charge in [0.05, 0.1) is 0 Å². The number of benzene rings is 3. The van der Waals surface area contributed by atoms with Crippen molar-refractivity contribution in [1.29, 1.82) is 0 Å². The maximum atomic E-state index is 5.97. The van der Waals surface area contributed by atoms with Crippen LogP contribution in [0.5, 0.6) is 23.0 Å². The van der Waals surface area contributed by atoms with E-state index in [1.807, 2.05) is 54.6 Å². The van der Waals surface area contributed by atoms with Gasteiger partial charge in [-0.2, -0.15) is 0 Å². The third-order valence-corrected chi connectivity index (χ3v) is 3.89. The Labute approximate surface area is 131 Å². The number of halogens is 1. The minimum Gasteiger partial charge on any atom is -0.450 e. The summed E-state index contributed by atoms with van der Waals surface area (Å²) in [6, 6.07) is 22.0. The molecule has 21 heavy (non-hydrogen) atoms. The predicted molar refractivity (Wildman–Crippen MR) is 86.2 cm³/mol. The standard InChI is InChI=1S/C18H11BrO2/c19-14-7-9-16-18(11-14)21-17-10-13(6-8-15(17)20-16)12-4-2-1-3-5-12/h1-11H. The lowest BCUT2D eigenvalue weighted by Gasteiger charge is -2.21. The summed E-state index contributed by atoms with van der Waals surface area (Å²) in [5.74, 6) is 2.94. The number of rotatable bonds is 1. The molecule has 1 aliphatic rings. The highest BCUT2D eigenvalue weighted by molar-refractivity contribution is 9.10. The fourth-order valence-corrected chi connectivity index (χ4v) is 2.71. The Morgan fingerprint density at radius 1 is 0.571 bits per heavy atom. The van der Waals surface area contributed by atoms with Gasteiger partial charge >= 0.3 is 0 Å². The van der Waals surface area contributed by atoms with Gasteiger partial charge in [-0.3, -0.25) is 0 Å². The Kier molecular flexibility index (Phi) is 2.93. The summed E-state index contributed by atoms with van der Waals surface area (Å²) in [5, 5.41) is 0. The van der Waals surface area contributed by atoms with Gasteiger partial charge in [-0.25, -0.2) is 0 Å². The van der Waals surface area contributed by atoms with Crippen LogP contribution in [-0.2, 0) is 0 Å².